The maximum Gasteiger partial charge on any atom is 0.409 e. The molecule has 1 unspecified atom stereocenters. The van der Waals surface area contributed by atoms with E-state index in [2.05, 4.69) is 22.3 Å². The van der Waals surface area contributed by atoms with Gasteiger partial charge in [0.2, 0.25) is 5.91 Å². The molecule has 2 aliphatic rings. The van der Waals surface area contributed by atoms with Crippen molar-refractivity contribution in [2.75, 3.05) is 63.9 Å². The van der Waals surface area contributed by atoms with E-state index in [1.807, 2.05) is 18.2 Å². The second kappa shape index (κ2) is 10.2. The Morgan fingerprint density at radius 3 is 2.07 bits per heavy atom. The maximum atomic E-state index is 12.7. The van der Waals surface area contributed by atoms with Gasteiger partial charge in [-0.1, -0.05) is 18.2 Å². The number of carbonyl (C=O) groups is 3. The first kappa shape index (κ1) is 21.7. The molecule has 1 N–H and O–H groups in total. The predicted molar refractivity (Wildman–Crippen MR) is 113 cm³/mol. The zero-order chi connectivity index (χ0) is 21.5. The highest BCUT2D eigenvalue weighted by atomic mass is 16.6. The first-order valence-electron chi connectivity index (χ1n) is 10.6. The highest BCUT2D eigenvalue weighted by molar-refractivity contribution is 5.87. The van der Waals surface area contributed by atoms with Gasteiger partial charge in [0, 0.05) is 58.0 Å². The molecule has 2 fully saturated rings. The monoisotopic (exact) mass is 417 g/mol. The molecule has 9 heteroatoms. The van der Waals surface area contributed by atoms with Crippen molar-refractivity contribution in [2.45, 2.75) is 19.9 Å². The van der Waals surface area contributed by atoms with Gasteiger partial charge in [0.15, 0.2) is 0 Å². The third-order valence-corrected chi connectivity index (χ3v) is 5.52. The average Bonchev–Trinajstić information content (AvgIpc) is 2.79. The van der Waals surface area contributed by atoms with E-state index in [0.29, 0.717) is 45.9 Å². The molecule has 0 aromatic heterocycles. The van der Waals surface area contributed by atoms with E-state index < -0.39 is 6.04 Å². The Bertz CT molecular complexity index is 728. The molecule has 30 heavy (non-hydrogen) atoms. The molecule has 1 aromatic carbocycles. The van der Waals surface area contributed by atoms with Crippen molar-refractivity contribution >= 4 is 23.7 Å². The van der Waals surface area contributed by atoms with Crippen LogP contribution >= 0.6 is 0 Å². The fourth-order valence-electron chi connectivity index (χ4n) is 3.74. The number of nitrogens with zero attached hydrogens (tertiary/aromatic N) is 4. The molecule has 0 aliphatic carbocycles. The molecule has 0 spiro atoms. The topological polar surface area (TPSA) is 85.4 Å². The van der Waals surface area contributed by atoms with Crippen LogP contribution < -0.4 is 10.2 Å². The van der Waals surface area contributed by atoms with Crippen molar-refractivity contribution in [2.24, 2.45) is 0 Å². The summed E-state index contributed by atoms with van der Waals surface area (Å²) >= 11 is 0. The van der Waals surface area contributed by atoms with Gasteiger partial charge < -0.3 is 29.7 Å². The minimum absolute atomic E-state index is 0.130. The van der Waals surface area contributed by atoms with Crippen molar-refractivity contribution < 1.29 is 19.1 Å². The minimum atomic E-state index is -0.612. The number of benzene rings is 1. The molecular weight excluding hydrogens is 386 g/mol. The Hall–Kier alpha value is -2.97. The molecule has 2 aliphatic heterocycles. The Kier molecular flexibility index (Phi) is 7.37. The van der Waals surface area contributed by atoms with E-state index in [1.165, 1.54) is 0 Å². The summed E-state index contributed by atoms with van der Waals surface area (Å²) in [7, 11) is 0. The smallest absolute Gasteiger partial charge is 0.409 e. The van der Waals surface area contributed by atoms with Crippen molar-refractivity contribution in [3.63, 3.8) is 0 Å². The summed E-state index contributed by atoms with van der Waals surface area (Å²) in [5.74, 6) is -0.130. The molecule has 1 atom stereocenters. The number of anilines is 1. The third-order valence-electron chi connectivity index (χ3n) is 5.52. The number of ether oxygens (including phenoxy) is 1. The van der Waals surface area contributed by atoms with Crippen LogP contribution in [0.5, 0.6) is 0 Å². The van der Waals surface area contributed by atoms with Crippen LogP contribution in [0.15, 0.2) is 30.3 Å². The van der Waals surface area contributed by atoms with Crippen LogP contribution in [-0.4, -0.2) is 97.7 Å². The Morgan fingerprint density at radius 1 is 0.900 bits per heavy atom. The number of hydrogen-bond donors (Lipinski definition) is 1. The highest BCUT2D eigenvalue weighted by Crippen LogP contribution is 2.15. The van der Waals surface area contributed by atoms with Gasteiger partial charge in [-0.2, -0.15) is 0 Å². The number of amides is 4. The van der Waals surface area contributed by atoms with Crippen LogP contribution in [0.1, 0.15) is 13.8 Å². The fraction of sp³-hybridized carbons (Fsp3) is 0.571. The van der Waals surface area contributed by atoms with Gasteiger partial charge in [0.1, 0.15) is 6.04 Å². The SMILES string of the molecule is CCOC(=O)N1CCN(C(=O)C(C)NC(=O)N2CCN(c3ccccc3)CC2)CC1. The van der Waals surface area contributed by atoms with Gasteiger partial charge in [0.25, 0.3) is 0 Å². The molecule has 2 saturated heterocycles. The number of nitrogens with one attached hydrogen (secondary N) is 1. The van der Waals surface area contributed by atoms with Gasteiger partial charge >= 0.3 is 12.1 Å². The fourth-order valence-corrected chi connectivity index (χ4v) is 3.74. The molecule has 4 amide bonds. The minimum Gasteiger partial charge on any atom is -0.450 e. The second-order valence-corrected chi connectivity index (χ2v) is 7.49. The molecule has 3 rings (SSSR count). The first-order chi connectivity index (χ1) is 14.5. The lowest BCUT2D eigenvalue weighted by atomic mass is 10.2. The van der Waals surface area contributed by atoms with Gasteiger partial charge in [-0.25, -0.2) is 9.59 Å². The average molecular weight is 418 g/mol. The van der Waals surface area contributed by atoms with Crippen molar-refractivity contribution in [3.8, 4) is 0 Å². The van der Waals surface area contributed by atoms with Crippen LogP contribution in [0.4, 0.5) is 15.3 Å². The van der Waals surface area contributed by atoms with Gasteiger partial charge in [-0.05, 0) is 26.0 Å². The van der Waals surface area contributed by atoms with Gasteiger partial charge in [0.05, 0.1) is 6.61 Å². The number of para-hydroxylation sites is 1. The van der Waals surface area contributed by atoms with Crippen molar-refractivity contribution in [3.05, 3.63) is 30.3 Å². The molecule has 1 aromatic rings. The quantitative estimate of drug-likeness (QED) is 0.796. The lowest BCUT2D eigenvalue weighted by Crippen LogP contribution is -2.58. The number of urea groups is 1. The van der Waals surface area contributed by atoms with E-state index >= 15 is 0 Å². The van der Waals surface area contributed by atoms with E-state index in [-0.39, 0.29) is 18.0 Å². The maximum absolute atomic E-state index is 12.7. The zero-order valence-corrected chi connectivity index (χ0v) is 17.7. The Balaban J connectivity index is 1.42. The molecule has 9 nitrogen and oxygen atoms in total. The highest BCUT2D eigenvalue weighted by Gasteiger charge is 2.29. The van der Waals surface area contributed by atoms with E-state index in [1.54, 1.807) is 28.5 Å². The van der Waals surface area contributed by atoms with Gasteiger partial charge in [-0.3, -0.25) is 4.79 Å². The van der Waals surface area contributed by atoms with E-state index in [4.69, 9.17) is 4.74 Å². The van der Waals surface area contributed by atoms with E-state index in [9.17, 15) is 14.4 Å². The molecule has 0 radical (unpaired) electrons. The summed E-state index contributed by atoms with van der Waals surface area (Å²) in [6.45, 7) is 8.30. The Morgan fingerprint density at radius 2 is 1.47 bits per heavy atom. The lowest BCUT2D eigenvalue weighted by Gasteiger charge is -2.37. The predicted octanol–water partition coefficient (Wildman–Crippen LogP) is 1.21. The van der Waals surface area contributed by atoms with Crippen LogP contribution in [-0.2, 0) is 9.53 Å². The normalized spacial score (nSPS) is 18.1. The first-order valence-corrected chi connectivity index (χ1v) is 10.6. The molecule has 2 heterocycles. The van der Waals surface area contributed by atoms with Crippen molar-refractivity contribution in [1.29, 1.82) is 0 Å². The summed E-state index contributed by atoms with van der Waals surface area (Å²) in [5.41, 5.74) is 1.16. The summed E-state index contributed by atoms with van der Waals surface area (Å²) in [6.07, 6.45) is -0.347. The van der Waals surface area contributed by atoms with Crippen LogP contribution in [0.3, 0.4) is 0 Å². The standard InChI is InChI=1S/C21H31N5O4/c1-3-30-21(29)26-15-11-24(12-16-26)19(27)17(2)22-20(28)25-13-9-23(10-14-25)18-7-5-4-6-8-18/h4-8,17H,3,9-16H2,1-2H3,(H,22,28). The number of hydrogen-bond acceptors (Lipinski definition) is 5. The molecule has 0 saturated carbocycles. The van der Waals surface area contributed by atoms with Gasteiger partial charge in [-0.15, -0.1) is 0 Å². The summed E-state index contributed by atoms with van der Waals surface area (Å²) in [4.78, 5) is 44.4. The van der Waals surface area contributed by atoms with Crippen LogP contribution in [0, 0.1) is 0 Å². The van der Waals surface area contributed by atoms with Crippen molar-refractivity contribution in [1.82, 2.24) is 20.0 Å². The Labute approximate surface area is 177 Å². The summed E-state index contributed by atoms with van der Waals surface area (Å²) in [6, 6.07) is 9.31. The number of carbonyl (C=O) groups excluding carboxylic acids is 3. The zero-order valence-electron chi connectivity index (χ0n) is 17.7. The van der Waals surface area contributed by atoms with E-state index in [0.717, 1.165) is 18.8 Å². The molecule has 164 valence electrons. The second-order valence-electron chi connectivity index (χ2n) is 7.49. The molecular formula is C21H31N5O4. The summed E-state index contributed by atoms with van der Waals surface area (Å²) < 4.78 is 5.00. The number of piperazine rings is 2. The number of rotatable bonds is 4. The summed E-state index contributed by atoms with van der Waals surface area (Å²) in [5, 5.41) is 2.83. The largest absolute Gasteiger partial charge is 0.450 e. The third kappa shape index (κ3) is 5.34. The van der Waals surface area contributed by atoms with Crippen LogP contribution in [0.2, 0.25) is 0 Å². The molecule has 0 bridgehead atoms. The van der Waals surface area contributed by atoms with Crippen LogP contribution in [0.25, 0.3) is 0 Å². The lowest BCUT2D eigenvalue weighted by molar-refractivity contribution is -0.134.